The fraction of sp³-hybridized carbons (Fsp3) is 0.321. The quantitative estimate of drug-likeness (QED) is 0.197. The van der Waals surface area contributed by atoms with E-state index in [1.54, 1.807) is 6.92 Å². The summed E-state index contributed by atoms with van der Waals surface area (Å²) < 4.78 is 24.5. The molecule has 3 nitrogen and oxygen atoms in total. The number of hydrogen-bond donors (Lipinski definition) is 1. The molecule has 0 fully saturated rings. The summed E-state index contributed by atoms with van der Waals surface area (Å²) in [7, 11) is 3.92. The molecule has 0 rings (SSSR count). The fourth-order valence-electron chi connectivity index (χ4n) is 1.91. The molecule has 0 aromatic rings. The summed E-state index contributed by atoms with van der Waals surface area (Å²) in [5.74, 6) is 1.42. The van der Waals surface area contributed by atoms with Gasteiger partial charge in [-0.2, -0.15) is 0 Å². The molecule has 1 unspecified atom stereocenters. The number of terminal acetylenes is 1. The van der Waals surface area contributed by atoms with E-state index in [2.05, 4.69) is 42.5 Å². The Kier molecular flexibility index (Phi) is 24.1. The molecule has 0 saturated carbocycles. The summed E-state index contributed by atoms with van der Waals surface area (Å²) in [5, 5.41) is 3.18. The minimum atomic E-state index is -0.558. The molecule has 0 aromatic carbocycles. The van der Waals surface area contributed by atoms with E-state index in [9.17, 15) is 8.78 Å². The lowest BCUT2D eigenvalue weighted by atomic mass is 10.2. The Labute approximate surface area is 201 Å². The molecule has 0 aliphatic carbocycles. The summed E-state index contributed by atoms with van der Waals surface area (Å²) in [6.45, 7) is 19.4. The standard InChI is InChI=1S/C16H25N3.C9H12F2.C3H4/c1-7-8-9-10-14(2)13-16(17-4)18-15(3)11-12-19(5)6;1-4-9(8(3)11)6-5-7(2)10;1-3-2/h7-13,16,18H,3-4H2,1-2,5-6H3;5-6H,2,4H2,1,3H3;1H,2H3/b8-7-,10-9-,12-11-,14-13-;6-5-,9-8+;. The maximum absolute atomic E-state index is 12.5. The third-order valence-electron chi connectivity index (χ3n) is 3.48. The fourth-order valence-corrected chi connectivity index (χ4v) is 1.91. The van der Waals surface area contributed by atoms with Crippen molar-refractivity contribution in [3.63, 3.8) is 0 Å². The third kappa shape index (κ3) is 26.6. The first kappa shape index (κ1) is 34.2. The molecule has 0 saturated heterocycles. The van der Waals surface area contributed by atoms with Gasteiger partial charge in [0.05, 0.1) is 5.83 Å². The van der Waals surface area contributed by atoms with Crippen LogP contribution in [0.25, 0.3) is 0 Å². The highest BCUT2D eigenvalue weighted by Crippen LogP contribution is 2.12. The van der Waals surface area contributed by atoms with Crippen LogP contribution in [-0.2, 0) is 0 Å². The second-order valence-electron chi connectivity index (χ2n) is 6.85. The maximum Gasteiger partial charge on any atom is 0.137 e. The van der Waals surface area contributed by atoms with Crippen LogP contribution in [0.4, 0.5) is 8.78 Å². The van der Waals surface area contributed by atoms with Gasteiger partial charge in [-0.05, 0) is 64.6 Å². The molecule has 5 heteroatoms. The van der Waals surface area contributed by atoms with Crippen LogP contribution in [0, 0.1) is 12.3 Å². The van der Waals surface area contributed by atoms with Gasteiger partial charge in [0.1, 0.15) is 12.0 Å². The Balaban J connectivity index is -0.000000542. The number of rotatable bonds is 11. The van der Waals surface area contributed by atoms with E-state index in [0.717, 1.165) is 17.3 Å². The zero-order chi connectivity index (χ0) is 26.2. The van der Waals surface area contributed by atoms with Crippen LogP contribution >= 0.6 is 0 Å². The van der Waals surface area contributed by atoms with Crippen molar-refractivity contribution < 1.29 is 8.78 Å². The lowest BCUT2D eigenvalue weighted by Crippen LogP contribution is -2.23. The van der Waals surface area contributed by atoms with Crippen LogP contribution in [-0.4, -0.2) is 31.9 Å². The van der Waals surface area contributed by atoms with Crippen LogP contribution in [0.2, 0.25) is 0 Å². The van der Waals surface area contributed by atoms with Gasteiger partial charge in [0, 0.05) is 26.0 Å². The van der Waals surface area contributed by atoms with Crippen molar-refractivity contribution in [2.24, 2.45) is 4.99 Å². The molecule has 1 atom stereocenters. The van der Waals surface area contributed by atoms with Crippen LogP contribution in [0.3, 0.4) is 0 Å². The average Bonchev–Trinajstić information content (AvgIpc) is 2.73. The minimum Gasteiger partial charge on any atom is -0.383 e. The Morgan fingerprint density at radius 1 is 1.12 bits per heavy atom. The number of halogens is 2. The Bertz CT molecular complexity index is 797. The van der Waals surface area contributed by atoms with E-state index < -0.39 is 5.83 Å². The molecule has 1 N–H and O–H groups in total. The SMILES string of the molecule is C#CC.C=C(F)/C=C\C(CC)=C(/C)F.C=NC(\C=C(C)/C=C\C=C/C)NC(=C)/C=C\N(C)C. The number of nitrogens with one attached hydrogen (secondary N) is 1. The normalized spacial score (nSPS) is 12.9. The zero-order valence-corrected chi connectivity index (χ0v) is 21.3. The Hall–Kier alpha value is -3.39. The molecule has 0 bridgehead atoms. The average molecular weight is 458 g/mol. The van der Waals surface area contributed by atoms with E-state index in [-0.39, 0.29) is 12.0 Å². The highest BCUT2D eigenvalue weighted by atomic mass is 19.1. The van der Waals surface area contributed by atoms with Gasteiger partial charge in [-0.3, -0.25) is 4.99 Å². The van der Waals surface area contributed by atoms with Gasteiger partial charge in [-0.25, -0.2) is 8.78 Å². The zero-order valence-electron chi connectivity index (χ0n) is 21.3. The topological polar surface area (TPSA) is 27.6 Å². The number of hydrogen-bond acceptors (Lipinski definition) is 3. The van der Waals surface area contributed by atoms with Crippen molar-refractivity contribution in [1.82, 2.24) is 10.2 Å². The second-order valence-corrected chi connectivity index (χ2v) is 6.85. The predicted molar refractivity (Wildman–Crippen MR) is 144 cm³/mol. The van der Waals surface area contributed by atoms with Crippen molar-refractivity contribution in [3.8, 4) is 12.3 Å². The number of allylic oxidation sites excluding steroid dienone is 11. The molecule has 0 aromatic heterocycles. The van der Waals surface area contributed by atoms with Crippen molar-refractivity contribution in [3.05, 3.63) is 96.5 Å². The van der Waals surface area contributed by atoms with Crippen molar-refractivity contribution in [2.45, 2.75) is 47.2 Å². The smallest absolute Gasteiger partial charge is 0.137 e. The molecule has 0 radical (unpaired) electrons. The van der Waals surface area contributed by atoms with Gasteiger partial charge in [0.15, 0.2) is 0 Å². The molecule has 0 aliphatic rings. The first-order valence-corrected chi connectivity index (χ1v) is 10.5. The second kappa shape index (κ2) is 23.3. The van der Waals surface area contributed by atoms with Gasteiger partial charge in [-0.15, -0.1) is 12.3 Å². The molecule has 0 amide bonds. The van der Waals surface area contributed by atoms with Crippen LogP contribution in [0.1, 0.15) is 41.0 Å². The predicted octanol–water partition coefficient (Wildman–Crippen LogP) is 7.59. The maximum atomic E-state index is 12.5. The highest BCUT2D eigenvalue weighted by Gasteiger charge is 2.00. The summed E-state index contributed by atoms with van der Waals surface area (Å²) in [6, 6.07) is 0. The minimum absolute atomic E-state index is 0.172. The highest BCUT2D eigenvalue weighted by molar-refractivity contribution is 5.29. The summed E-state index contributed by atoms with van der Waals surface area (Å²) in [4.78, 5) is 5.97. The van der Waals surface area contributed by atoms with Gasteiger partial charge < -0.3 is 10.2 Å². The van der Waals surface area contributed by atoms with Gasteiger partial charge in [-0.1, -0.05) is 56.0 Å². The molecular weight excluding hydrogens is 416 g/mol. The third-order valence-corrected chi connectivity index (χ3v) is 3.48. The lowest BCUT2D eigenvalue weighted by molar-refractivity contribution is 0.562. The van der Waals surface area contributed by atoms with Crippen LogP contribution in [0.5, 0.6) is 0 Å². The van der Waals surface area contributed by atoms with E-state index >= 15 is 0 Å². The van der Waals surface area contributed by atoms with Crippen molar-refractivity contribution in [1.29, 1.82) is 0 Å². The monoisotopic (exact) mass is 457 g/mol. The summed E-state index contributed by atoms with van der Waals surface area (Å²) in [6.07, 6.45) is 21.4. The lowest BCUT2D eigenvalue weighted by Gasteiger charge is -2.13. The first-order chi connectivity index (χ1) is 15.5. The van der Waals surface area contributed by atoms with E-state index in [4.69, 9.17) is 0 Å². The molecular formula is C28H41F2N3. The molecule has 0 heterocycles. The Morgan fingerprint density at radius 3 is 2.09 bits per heavy atom. The Morgan fingerprint density at radius 2 is 1.70 bits per heavy atom. The van der Waals surface area contributed by atoms with Crippen LogP contribution < -0.4 is 5.32 Å². The first-order valence-electron chi connectivity index (χ1n) is 10.5. The molecule has 0 aliphatic heterocycles. The number of nitrogens with zero attached hydrogens (tertiary/aromatic N) is 2. The number of aliphatic imine (C=N–C) groups is 1. The molecule has 33 heavy (non-hydrogen) atoms. The van der Waals surface area contributed by atoms with Gasteiger partial charge >= 0.3 is 0 Å². The largest absolute Gasteiger partial charge is 0.383 e. The van der Waals surface area contributed by atoms with Gasteiger partial charge in [0.2, 0.25) is 0 Å². The van der Waals surface area contributed by atoms with Gasteiger partial charge in [0.25, 0.3) is 0 Å². The molecule has 182 valence electrons. The summed E-state index contributed by atoms with van der Waals surface area (Å²) >= 11 is 0. The van der Waals surface area contributed by atoms with E-state index in [1.165, 1.54) is 13.0 Å². The van der Waals surface area contributed by atoms with Crippen molar-refractivity contribution >= 4 is 6.72 Å². The van der Waals surface area contributed by atoms with E-state index in [0.29, 0.717) is 12.0 Å². The van der Waals surface area contributed by atoms with E-state index in [1.807, 2.05) is 82.4 Å². The van der Waals surface area contributed by atoms with Crippen molar-refractivity contribution in [2.75, 3.05) is 14.1 Å². The summed E-state index contributed by atoms with van der Waals surface area (Å²) in [5.41, 5.74) is 2.42. The van der Waals surface area contributed by atoms with Crippen LogP contribution in [0.15, 0.2) is 101 Å². The molecule has 0 spiro atoms.